The van der Waals surface area contributed by atoms with Crippen LogP contribution in [0.3, 0.4) is 0 Å². The lowest BCUT2D eigenvalue weighted by molar-refractivity contribution is -0.118. The summed E-state index contributed by atoms with van der Waals surface area (Å²) in [7, 11) is -2.04. The zero-order valence-corrected chi connectivity index (χ0v) is 12.5. The van der Waals surface area contributed by atoms with Crippen LogP contribution < -0.4 is 4.90 Å². The summed E-state index contributed by atoms with van der Waals surface area (Å²) in [4.78, 5) is 24.8. The van der Waals surface area contributed by atoms with Crippen molar-refractivity contribution in [1.29, 1.82) is 0 Å². The van der Waals surface area contributed by atoms with Gasteiger partial charge in [0, 0.05) is 7.05 Å². The summed E-state index contributed by atoms with van der Waals surface area (Å²) in [5, 5.41) is 8.08. The maximum atomic E-state index is 12.4. The van der Waals surface area contributed by atoms with E-state index in [1.807, 2.05) is 0 Å². The molecule has 1 N–H and O–H groups in total. The number of hydrogen-bond donors (Lipinski definition) is 1. The molecule has 1 amide bonds. The molecule has 0 bridgehead atoms. The molecule has 1 unspecified atom stereocenters. The van der Waals surface area contributed by atoms with Crippen molar-refractivity contribution in [3.63, 3.8) is 0 Å². The lowest BCUT2D eigenvalue weighted by atomic mass is 10.1. The Morgan fingerprint density at radius 2 is 1.90 bits per heavy atom. The number of amides is 1. The molecular formula is C14H17NO5S. The normalized spacial score (nSPS) is 20.7. The summed E-state index contributed by atoms with van der Waals surface area (Å²) in [5.41, 5.74) is 0.178. The summed E-state index contributed by atoms with van der Waals surface area (Å²) in [6.45, 7) is 0. The number of aromatic carboxylic acids is 1. The van der Waals surface area contributed by atoms with Gasteiger partial charge in [-0.15, -0.1) is 0 Å². The lowest BCUT2D eigenvalue weighted by Crippen LogP contribution is -2.44. The van der Waals surface area contributed by atoms with Crippen LogP contribution in [-0.4, -0.2) is 43.5 Å². The van der Waals surface area contributed by atoms with E-state index < -0.39 is 27.0 Å². The fourth-order valence-electron chi connectivity index (χ4n) is 2.51. The van der Waals surface area contributed by atoms with E-state index in [-0.39, 0.29) is 17.0 Å². The third-order valence-electron chi connectivity index (χ3n) is 3.68. The molecule has 1 aromatic carbocycles. The molecule has 0 saturated carbocycles. The topological polar surface area (TPSA) is 91.8 Å². The third-order valence-corrected chi connectivity index (χ3v) is 5.84. The Morgan fingerprint density at radius 1 is 1.24 bits per heavy atom. The second-order valence-corrected chi connectivity index (χ2v) is 7.37. The van der Waals surface area contributed by atoms with E-state index in [2.05, 4.69) is 0 Å². The third kappa shape index (κ3) is 3.07. The van der Waals surface area contributed by atoms with Crippen molar-refractivity contribution in [3.05, 3.63) is 29.8 Å². The van der Waals surface area contributed by atoms with Gasteiger partial charge in [0.1, 0.15) is 5.25 Å². The van der Waals surface area contributed by atoms with Crippen LogP contribution in [0.2, 0.25) is 0 Å². The summed E-state index contributed by atoms with van der Waals surface area (Å²) in [6, 6.07) is 6.05. The van der Waals surface area contributed by atoms with Crippen LogP contribution in [-0.2, 0) is 14.6 Å². The Hall–Kier alpha value is -1.89. The van der Waals surface area contributed by atoms with Crippen LogP contribution in [0, 0.1) is 0 Å². The van der Waals surface area contributed by atoms with Gasteiger partial charge in [0.05, 0.1) is 17.0 Å². The minimum atomic E-state index is -3.45. The maximum Gasteiger partial charge on any atom is 0.337 e. The number of sulfone groups is 1. The summed E-state index contributed by atoms with van der Waals surface area (Å²) >= 11 is 0. The molecule has 1 aliphatic rings. The summed E-state index contributed by atoms with van der Waals surface area (Å²) < 4.78 is 24.0. The highest BCUT2D eigenvalue weighted by molar-refractivity contribution is 7.92. The van der Waals surface area contributed by atoms with E-state index in [1.165, 1.54) is 19.2 Å². The number of rotatable bonds is 3. The standard InChI is InChI=1S/C14H17NO5S/c1-15(11-7-3-2-6-10(11)14(17)18)13(16)12-8-4-5-9-21(12,19)20/h2-3,6-7,12H,4-5,8-9H2,1H3,(H,17,18). The number of para-hydroxylation sites is 1. The summed E-state index contributed by atoms with van der Waals surface area (Å²) in [5.74, 6) is -1.71. The number of carboxylic acids is 1. The predicted octanol–water partition coefficient (Wildman–Crippen LogP) is 1.31. The SMILES string of the molecule is CN(C(=O)C1CCCCS1(=O)=O)c1ccccc1C(=O)O. The van der Waals surface area contributed by atoms with Gasteiger partial charge in [0.2, 0.25) is 5.91 Å². The highest BCUT2D eigenvalue weighted by atomic mass is 32.2. The van der Waals surface area contributed by atoms with Gasteiger partial charge in [0.15, 0.2) is 9.84 Å². The van der Waals surface area contributed by atoms with Gasteiger partial charge < -0.3 is 10.0 Å². The Labute approximate surface area is 123 Å². The minimum absolute atomic E-state index is 0.0117. The first kappa shape index (κ1) is 15.5. The Kier molecular flexibility index (Phi) is 4.32. The molecule has 2 rings (SSSR count). The first-order valence-electron chi connectivity index (χ1n) is 6.66. The molecule has 1 saturated heterocycles. The maximum absolute atomic E-state index is 12.4. The fourth-order valence-corrected chi connectivity index (χ4v) is 4.40. The van der Waals surface area contributed by atoms with E-state index in [0.717, 1.165) is 4.90 Å². The predicted molar refractivity (Wildman–Crippen MR) is 78.2 cm³/mol. The van der Waals surface area contributed by atoms with Gasteiger partial charge in [-0.25, -0.2) is 13.2 Å². The van der Waals surface area contributed by atoms with Crippen molar-refractivity contribution >= 4 is 27.4 Å². The molecule has 7 heteroatoms. The molecule has 1 fully saturated rings. The molecule has 0 radical (unpaired) electrons. The molecule has 0 aliphatic carbocycles. The van der Waals surface area contributed by atoms with Crippen molar-refractivity contribution in [3.8, 4) is 0 Å². The van der Waals surface area contributed by atoms with E-state index in [4.69, 9.17) is 5.11 Å². The van der Waals surface area contributed by atoms with E-state index >= 15 is 0 Å². The van der Waals surface area contributed by atoms with Crippen LogP contribution in [0.4, 0.5) is 5.69 Å². The molecular weight excluding hydrogens is 294 g/mol. The van der Waals surface area contributed by atoms with E-state index in [0.29, 0.717) is 19.3 Å². The Bertz CT molecular complexity index is 668. The molecule has 1 atom stereocenters. The second kappa shape index (κ2) is 5.85. The molecule has 1 aromatic rings. The average Bonchev–Trinajstić information content (AvgIpc) is 2.45. The highest BCUT2D eigenvalue weighted by Crippen LogP contribution is 2.25. The van der Waals surface area contributed by atoms with E-state index in [9.17, 15) is 18.0 Å². The number of anilines is 1. The van der Waals surface area contributed by atoms with Crippen molar-refractivity contribution in [1.82, 2.24) is 0 Å². The smallest absolute Gasteiger partial charge is 0.337 e. The van der Waals surface area contributed by atoms with Crippen LogP contribution >= 0.6 is 0 Å². The van der Waals surface area contributed by atoms with Gasteiger partial charge in [-0.3, -0.25) is 4.79 Å². The zero-order valence-electron chi connectivity index (χ0n) is 11.7. The number of carboxylic acid groups (broad SMARTS) is 1. The monoisotopic (exact) mass is 311 g/mol. The van der Waals surface area contributed by atoms with Gasteiger partial charge in [-0.1, -0.05) is 18.6 Å². The average molecular weight is 311 g/mol. The van der Waals surface area contributed by atoms with Crippen LogP contribution in [0.1, 0.15) is 29.6 Å². The van der Waals surface area contributed by atoms with Crippen LogP contribution in [0.25, 0.3) is 0 Å². The molecule has 6 nitrogen and oxygen atoms in total. The Morgan fingerprint density at radius 3 is 2.52 bits per heavy atom. The zero-order chi connectivity index (χ0) is 15.6. The fraction of sp³-hybridized carbons (Fsp3) is 0.429. The van der Waals surface area contributed by atoms with Gasteiger partial charge in [0.25, 0.3) is 0 Å². The molecule has 1 aliphatic heterocycles. The van der Waals surface area contributed by atoms with Gasteiger partial charge >= 0.3 is 5.97 Å². The van der Waals surface area contributed by atoms with Crippen LogP contribution in [0.15, 0.2) is 24.3 Å². The summed E-state index contributed by atoms with van der Waals surface area (Å²) in [6.07, 6.45) is 1.55. The first-order valence-corrected chi connectivity index (χ1v) is 8.37. The number of hydrogen-bond acceptors (Lipinski definition) is 4. The van der Waals surface area contributed by atoms with E-state index in [1.54, 1.807) is 12.1 Å². The Balaban J connectivity index is 2.34. The van der Waals surface area contributed by atoms with Crippen LogP contribution in [0.5, 0.6) is 0 Å². The minimum Gasteiger partial charge on any atom is -0.478 e. The molecule has 1 heterocycles. The van der Waals surface area contributed by atoms with Crippen molar-refractivity contribution in [2.75, 3.05) is 17.7 Å². The number of nitrogens with zero attached hydrogens (tertiary/aromatic N) is 1. The molecule has 114 valence electrons. The highest BCUT2D eigenvalue weighted by Gasteiger charge is 2.37. The largest absolute Gasteiger partial charge is 0.478 e. The lowest BCUT2D eigenvalue weighted by Gasteiger charge is -2.27. The van der Waals surface area contributed by atoms with Crippen molar-refractivity contribution < 1.29 is 23.1 Å². The number of benzene rings is 1. The number of carbonyl (C=O) groups excluding carboxylic acids is 1. The molecule has 21 heavy (non-hydrogen) atoms. The number of carbonyl (C=O) groups is 2. The molecule has 0 aromatic heterocycles. The molecule has 0 spiro atoms. The van der Waals surface area contributed by atoms with Gasteiger partial charge in [-0.2, -0.15) is 0 Å². The quantitative estimate of drug-likeness (QED) is 0.909. The second-order valence-electron chi connectivity index (χ2n) is 5.07. The van der Waals surface area contributed by atoms with Gasteiger partial charge in [-0.05, 0) is 25.0 Å². The first-order chi connectivity index (χ1) is 9.84. The van der Waals surface area contributed by atoms with Crippen molar-refractivity contribution in [2.24, 2.45) is 0 Å². The van der Waals surface area contributed by atoms with Crippen molar-refractivity contribution in [2.45, 2.75) is 24.5 Å².